The predicted molar refractivity (Wildman–Crippen MR) is 55.9 cm³/mol. The fourth-order valence-corrected chi connectivity index (χ4v) is 3.90. The molecule has 1 aliphatic heterocycles. The van der Waals surface area contributed by atoms with Gasteiger partial charge in [0.2, 0.25) is 0 Å². The first-order valence-corrected chi connectivity index (χ1v) is 8.09. The Kier molecular flexibility index (Phi) is 3.78. The summed E-state index contributed by atoms with van der Waals surface area (Å²) in [5, 5.41) is 0. The molecule has 0 amide bonds. The van der Waals surface area contributed by atoms with Crippen molar-refractivity contribution in [2.24, 2.45) is 5.92 Å². The molecule has 1 nitrogen and oxygen atoms in total. The zero-order chi connectivity index (χ0) is 9.03. The van der Waals surface area contributed by atoms with Gasteiger partial charge < -0.3 is 4.43 Å². The van der Waals surface area contributed by atoms with Gasteiger partial charge in [-0.1, -0.05) is 20.3 Å². The van der Waals surface area contributed by atoms with Gasteiger partial charge in [0.25, 0.3) is 0 Å². The van der Waals surface area contributed by atoms with E-state index in [1.165, 1.54) is 31.4 Å². The molecule has 0 atom stereocenters. The molecule has 0 radical (unpaired) electrons. The van der Waals surface area contributed by atoms with Crippen molar-refractivity contribution in [1.82, 2.24) is 0 Å². The maximum absolute atomic E-state index is 5.95. The van der Waals surface area contributed by atoms with Crippen LogP contribution in [0.2, 0.25) is 18.6 Å². The minimum Gasteiger partial charge on any atom is -0.417 e. The Balaban J connectivity index is 1.95. The molecule has 0 aromatic rings. The second-order valence-corrected chi connectivity index (χ2v) is 8.88. The van der Waals surface area contributed by atoms with Gasteiger partial charge in [-0.3, -0.25) is 0 Å². The topological polar surface area (TPSA) is 9.23 Å². The van der Waals surface area contributed by atoms with Crippen molar-refractivity contribution in [1.29, 1.82) is 0 Å². The third kappa shape index (κ3) is 3.28. The third-order valence-corrected chi connectivity index (χ3v) is 6.51. The molecule has 1 rings (SSSR count). The first-order chi connectivity index (χ1) is 5.62. The Morgan fingerprint density at radius 3 is 2.42 bits per heavy atom. The Hall–Kier alpha value is 0.177. The van der Waals surface area contributed by atoms with Crippen LogP contribution in [0.15, 0.2) is 0 Å². The maximum atomic E-state index is 5.95. The minimum atomic E-state index is -1.07. The number of hydrogen-bond acceptors (Lipinski definition) is 1. The van der Waals surface area contributed by atoms with Gasteiger partial charge >= 0.3 is 0 Å². The molecule has 0 aliphatic carbocycles. The van der Waals surface area contributed by atoms with Crippen LogP contribution in [-0.2, 0) is 4.43 Å². The summed E-state index contributed by atoms with van der Waals surface area (Å²) < 4.78 is 5.95. The SMILES string of the molecule is CC(C)CCCO[Si]1(C)CCC1. The van der Waals surface area contributed by atoms with Crippen molar-refractivity contribution >= 4 is 8.32 Å². The van der Waals surface area contributed by atoms with E-state index in [0.29, 0.717) is 0 Å². The average molecular weight is 186 g/mol. The van der Waals surface area contributed by atoms with Crippen molar-refractivity contribution in [3.05, 3.63) is 0 Å². The summed E-state index contributed by atoms with van der Waals surface area (Å²) in [6.45, 7) is 7.97. The van der Waals surface area contributed by atoms with Crippen LogP contribution in [0.3, 0.4) is 0 Å². The maximum Gasteiger partial charge on any atom is 0.189 e. The molecule has 0 aromatic heterocycles. The van der Waals surface area contributed by atoms with Crippen LogP contribution in [0.1, 0.15) is 33.1 Å². The molecule has 0 spiro atoms. The van der Waals surface area contributed by atoms with Gasteiger partial charge in [-0.2, -0.15) is 0 Å². The van der Waals surface area contributed by atoms with Crippen molar-refractivity contribution in [3.8, 4) is 0 Å². The first-order valence-electron chi connectivity index (χ1n) is 5.26. The molecule has 0 unspecified atom stereocenters. The summed E-state index contributed by atoms with van der Waals surface area (Å²) in [5.74, 6) is 0.837. The zero-order valence-electron chi connectivity index (χ0n) is 8.73. The van der Waals surface area contributed by atoms with Gasteiger partial charge in [0.05, 0.1) is 0 Å². The second-order valence-electron chi connectivity index (χ2n) is 4.69. The molecular formula is C10H22OSi. The van der Waals surface area contributed by atoms with E-state index in [2.05, 4.69) is 20.4 Å². The quantitative estimate of drug-likeness (QED) is 0.472. The summed E-state index contributed by atoms with van der Waals surface area (Å²) in [6, 6.07) is 2.82. The van der Waals surface area contributed by atoms with E-state index in [1.54, 1.807) is 0 Å². The van der Waals surface area contributed by atoms with Gasteiger partial charge in [-0.25, -0.2) is 0 Å². The zero-order valence-corrected chi connectivity index (χ0v) is 9.73. The van der Waals surface area contributed by atoms with E-state index in [4.69, 9.17) is 4.43 Å². The molecule has 12 heavy (non-hydrogen) atoms. The van der Waals surface area contributed by atoms with E-state index in [9.17, 15) is 0 Å². The largest absolute Gasteiger partial charge is 0.417 e. The third-order valence-electron chi connectivity index (χ3n) is 2.79. The molecule has 0 bridgehead atoms. The molecule has 1 aliphatic rings. The number of hydrogen-bond donors (Lipinski definition) is 0. The van der Waals surface area contributed by atoms with Crippen LogP contribution in [-0.4, -0.2) is 14.9 Å². The van der Waals surface area contributed by atoms with Gasteiger partial charge in [0.15, 0.2) is 8.32 Å². The highest BCUT2D eigenvalue weighted by Gasteiger charge is 2.35. The van der Waals surface area contributed by atoms with Crippen molar-refractivity contribution in [3.63, 3.8) is 0 Å². The van der Waals surface area contributed by atoms with Crippen molar-refractivity contribution in [2.75, 3.05) is 6.61 Å². The van der Waals surface area contributed by atoms with Gasteiger partial charge in [0.1, 0.15) is 0 Å². The molecule has 72 valence electrons. The summed E-state index contributed by atoms with van der Waals surface area (Å²) in [7, 11) is -1.07. The van der Waals surface area contributed by atoms with Gasteiger partial charge in [0, 0.05) is 6.61 Å². The van der Waals surface area contributed by atoms with Crippen LogP contribution >= 0.6 is 0 Å². The van der Waals surface area contributed by atoms with E-state index in [-0.39, 0.29) is 0 Å². The van der Waals surface area contributed by atoms with Crippen LogP contribution in [0, 0.1) is 5.92 Å². The van der Waals surface area contributed by atoms with Gasteiger partial charge in [-0.15, -0.1) is 0 Å². The van der Waals surface area contributed by atoms with E-state index < -0.39 is 8.32 Å². The Bertz CT molecular complexity index is 130. The molecule has 1 heterocycles. The van der Waals surface area contributed by atoms with Gasteiger partial charge in [-0.05, 0) is 37.4 Å². The summed E-state index contributed by atoms with van der Waals surface area (Å²) in [5.41, 5.74) is 0. The highest BCUT2D eigenvalue weighted by atomic mass is 28.4. The summed E-state index contributed by atoms with van der Waals surface area (Å²) >= 11 is 0. The fraction of sp³-hybridized carbons (Fsp3) is 1.00. The Labute approximate surface area is 77.6 Å². The lowest BCUT2D eigenvalue weighted by Crippen LogP contribution is -2.41. The summed E-state index contributed by atoms with van der Waals surface area (Å²) in [6.07, 6.45) is 4.01. The monoisotopic (exact) mass is 186 g/mol. The minimum absolute atomic E-state index is 0.837. The average Bonchev–Trinajstić information content (AvgIpc) is 1.94. The molecule has 1 saturated heterocycles. The smallest absolute Gasteiger partial charge is 0.189 e. The lowest BCUT2D eigenvalue weighted by molar-refractivity contribution is 0.273. The number of rotatable bonds is 5. The lowest BCUT2D eigenvalue weighted by Gasteiger charge is -2.35. The molecule has 0 saturated carbocycles. The van der Waals surface area contributed by atoms with Crippen LogP contribution in [0.4, 0.5) is 0 Å². The Morgan fingerprint density at radius 2 is 2.00 bits per heavy atom. The van der Waals surface area contributed by atoms with Crippen LogP contribution in [0.25, 0.3) is 0 Å². The summed E-state index contributed by atoms with van der Waals surface area (Å²) in [4.78, 5) is 0. The van der Waals surface area contributed by atoms with Crippen LogP contribution < -0.4 is 0 Å². The van der Waals surface area contributed by atoms with E-state index in [0.717, 1.165) is 12.5 Å². The highest BCUT2D eigenvalue weighted by Crippen LogP contribution is 2.32. The van der Waals surface area contributed by atoms with E-state index in [1.807, 2.05) is 0 Å². The molecule has 0 aromatic carbocycles. The fourth-order valence-electron chi connectivity index (χ4n) is 1.63. The molecule has 1 fully saturated rings. The second kappa shape index (κ2) is 4.42. The van der Waals surface area contributed by atoms with Crippen LogP contribution in [0.5, 0.6) is 0 Å². The lowest BCUT2D eigenvalue weighted by atomic mass is 10.1. The molecular weight excluding hydrogens is 164 g/mol. The van der Waals surface area contributed by atoms with E-state index >= 15 is 0 Å². The van der Waals surface area contributed by atoms with Crippen molar-refractivity contribution in [2.45, 2.75) is 51.7 Å². The normalized spacial score (nSPS) is 21.0. The Morgan fingerprint density at radius 1 is 1.33 bits per heavy atom. The molecule has 0 N–H and O–H groups in total. The highest BCUT2D eigenvalue weighted by molar-refractivity contribution is 6.75. The standard InChI is InChI=1S/C10H22OSi/c1-10(2)6-4-7-11-12(3)8-5-9-12/h10H,4-9H2,1-3H3. The first kappa shape index (κ1) is 10.3. The molecule has 2 heteroatoms. The predicted octanol–water partition coefficient (Wildman–Crippen LogP) is 3.42. The van der Waals surface area contributed by atoms with Crippen molar-refractivity contribution < 1.29 is 4.43 Å².